The zero-order chi connectivity index (χ0) is 36.2. The summed E-state index contributed by atoms with van der Waals surface area (Å²) in [6, 6.07) is 56.5. The van der Waals surface area contributed by atoms with Crippen LogP contribution in [0.25, 0.3) is 38.7 Å². The van der Waals surface area contributed by atoms with E-state index in [9.17, 15) is 0 Å². The predicted molar refractivity (Wildman–Crippen MR) is 224 cm³/mol. The number of aliphatic imine (C=N–C) groups is 1. The molecule has 2 aliphatic rings. The van der Waals surface area contributed by atoms with Crippen molar-refractivity contribution in [1.82, 2.24) is 0 Å². The van der Waals surface area contributed by atoms with E-state index in [1.54, 1.807) is 0 Å². The van der Waals surface area contributed by atoms with Gasteiger partial charge in [-0.3, -0.25) is 4.99 Å². The van der Waals surface area contributed by atoms with Crippen molar-refractivity contribution in [2.45, 2.75) is 13.3 Å². The molecule has 7 aromatic rings. The third-order valence-corrected chi connectivity index (χ3v) is 9.04. The fourth-order valence-corrected chi connectivity index (χ4v) is 6.46. The number of anilines is 1. The molecule has 0 bridgehead atoms. The molecule has 0 amide bonds. The summed E-state index contributed by atoms with van der Waals surface area (Å²) < 4.78 is 0. The number of allylic oxidation sites excluding steroid dienone is 4. The van der Waals surface area contributed by atoms with Crippen molar-refractivity contribution in [2.75, 3.05) is 5.73 Å². The molecule has 0 saturated heterocycles. The van der Waals surface area contributed by atoms with E-state index in [0.29, 0.717) is 0 Å². The van der Waals surface area contributed by atoms with Gasteiger partial charge in [-0.15, -0.1) is 0 Å². The summed E-state index contributed by atoms with van der Waals surface area (Å²) in [5, 5.41) is 4.66. The van der Waals surface area contributed by atoms with Gasteiger partial charge >= 0.3 is 0 Å². The SMILES string of the molecule is C1=C=CC=CC=1.Cc1ccccc1-c1c(-c2ccccc2N=CCc2ccccc2)cc2ccccc2c1C1=c2ccccc2=N1.Nc1ccccc1. The van der Waals surface area contributed by atoms with Gasteiger partial charge in [0.1, 0.15) is 0 Å². The minimum atomic E-state index is 0.788. The molecule has 0 saturated carbocycles. The number of hydrogen-bond donors (Lipinski definition) is 1. The van der Waals surface area contributed by atoms with Gasteiger partial charge in [0.05, 0.1) is 16.7 Å². The molecule has 254 valence electrons. The molecule has 7 aromatic carbocycles. The maximum atomic E-state index is 5.36. The van der Waals surface area contributed by atoms with E-state index in [0.717, 1.165) is 34.4 Å². The lowest BCUT2D eigenvalue weighted by atomic mass is 9.83. The Morgan fingerprint density at radius 2 is 1.23 bits per heavy atom. The van der Waals surface area contributed by atoms with E-state index in [4.69, 9.17) is 15.7 Å². The van der Waals surface area contributed by atoms with Crippen LogP contribution < -0.4 is 16.3 Å². The second kappa shape index (κ2) is 16.8. The van der Waals surface area contributed by atoms with Gasteiger partial charge in [-0.05, 0) is 88.0 Å². The summed E-state index contributed by atoms with van der Waals surface area (Å²) in [6.45, 7) is 2.19. The summed E-state index contributed by atoms with van der Waals surface area (Å²) in [5.41, 5.74) is 22.1. The second-order valence-corrected chi connectivity index (χ2v) is 12.6. The van der Waals surface area contributed by atoms with Crippen molar-refractivity contribution in [2.24, 2.45) is 9.98 Å². The number of benzene rings is 7. The smallest absolute Gasteiger partial charge is 0.0816 e. The van der Waals surface area contributed by atoms with Crippen LogP contribution in [-0.2, 0) is 6.42 Å². The summed E-state index contributed by atoms with van der Waals surface area (Å²) in [7, 11) is 0. The Kier molecular flexibility index (Phi) is 10.9. The number of aryl methyl sites for hydroxylation is 1. The van der Waals surface area contributed by atoms with Gasteiger partial charge < -0.3 is 5.73 Å². The van der Waals surface area contributed by atoms with E-state index >= 15 is 0 Å². The van der Waals surface area contributed by atoms with Gasteiger partial charge in [0.15, 0.2) is 0 Å². The van der Waals surface area contributed by atoms with Gasteiger partial charge in [-0.25, -0.2) is 4.99 Å². The highest BCUT2D eigenvalue weighted by molar-refractivity contribution is 6.08. The molecule has 1 aliphatic carbocycles. The lowest BCUT2D eigenvalue weighted by Crippen LogP contribution is -2.35. The molecular weight excluding hydrogens is 643 g/mol. The Hall–Kier alpha value is -7.02. The van der Waals surface area contributed by atoms with E-state index < -0.39 is 0 Å². The molecule has 0 atom stereocenters. The lowest BCUT2D eigenvalue weighted by molar-refractivity contribution is 1.21. The predicted octanol–water partition coefficient (Wildman–Crippen LogP) is 10.9. The van der Waals surface area contributed by atoms with Crippen molar-refractivity contribution in [3.05, 3.63) is 227 Å². The molecule has 0 spiro atoms. The number of nitrogens with zero attached hydrogens (tertiary/aromatic N) is 2. The van der Waals surface area contributed by atoms with Crippen LogP contribution in [0.4, 0.5) is 11.4 Å². The summed E-state index contributed by atoms with van der Waals surface area (Å²) in [6.07, 6.45) is 10.3. The minimum absolute atomic E-state index is 0.788. The highest BCUT2D eigenvalue weighted by atomic mass is 14.8. The van der Waals surface area contributed by atoms with Crippen molar-refractivity contribution in [3.8, 4) is 22.3 Å². The van der Waals surface area contributed by atoms with E-state index in [1.807, 2.05) is 66.9 Å². The molecular formula is C50H39N3. The average molecular weight is 682 g/mol. The molecule has 9 rings (SSSR count). The largest absolute Gasteiger partial charge is 0.399 e. The Morgan fingerprint density at radius 1 is 0.604 bits per heavy atom. The highest BCUT2D eigenvalue weighted by Crippen LogP contribution is 2.45. The Balaban J connectivity index is 0.000000282. The molecule has 2 N–H and O–H groups in total. The zero-order valence-electron chi connectivity index (χ0n) is 29.7. The monoisotopic (exact) mass is 681 g/mol. The first-order chi connectivity index (χ1) is 26.2. The first-order valence-corrected chi connectivity index (χ1v) is 17.8. The Morgan fingerprint density at radius 3 is 1.91 bits per heavy atom. The molecule has 0 unspecified atom stereocenters. The van der Waals surface area contributed by atoms with E-state index in [1.165, 1.54) is 49.4 Å². The molecule has 3 heteroatoms. The third kappa shape index (κ3) is 8.15. The zero-order valence-corrected chi connectivity index (χ0v) is 29.7. The number of nitrogen functional groups attached to an aromatic ring is 1. The average Bonchev–Trinajstić information content (AvgIpc) is 3.20. The van der Waals surface area contributed by atoms with Crippen LogP contribution in [0.5, 0.6) is 0 Å². The minimum Gasteiger partial charge on any atom is -0.399 e. The van der Waals surface area contributed by atoms with Crippen LogP contribution in [0.15, 0.2) is 210 Å². The second-order valence-electron chi connectivity index (χ2n) is 12.6. The number of nitrogens with two attached hydrogens (primary N) is 1. The number of hydrogen-bond acceptors (Lipinski definition) is 3. The van der Waals surface area contributed by atoms with Gasteiger partial charge in [-0.2, -0.15) is 0 Å². The maximum absolute atomic E-state index is 5.36. The van der Waals surface area contributed by atoms with Crippen LogP contribution in [0.2, 0.25) is 0 Å². The van der Waals surface area contributed by atoms with Crippen LogP contribution >= 0.6 is 0 Å². The highest BCUT2D eigenvalue weighted by Gasteiger charge is 2.24. The van der Waals surface area contributed by atoms with Crippen LogP contribution in [0.1, 0.15) is 16.7 Å². The van der Waals surface area contributed by atoms with Gasteiger partial charge in [0.2, 0.25) is 0 Å². The summed E-state index contributed by atoms with van der Waals surface area (Å²) in [5.74, 6) is 0. The van der Waals surface area contributed by atoms with Crippen molar-refractivity contribution in [1.29, 1.82) is 0 Å². The van der Waals surface area contributed by atoms with Gasteiger partial charge in [-0.1, -0.05) is 157 Å². The van der Waals surface area contributed by atoms with Gasteiger partial charge in [0, 0.05) is 34.7 Å². The van der Waals surface area contributed by atoms with E-state index in [2.05, 4.69) is 146 Å². The summed E-state index contributed by atoms with van der Waals surface area (Å²) >= 11 is 0. The fraction of sp³-hybridized carbons (Fsp3) is 0.0400. The van der Waals surface area contributed by atoms with Crippen molar-refractivity contribution in [3.63, 3.8) is 0 Å². The Bertz CT molecular complexity index is 2650. The third-order valence-electron chi connectivity index (χ3n) is 9.04. The molecule has 0 radical (unpaired) electrons. The molecule has 0 fully saturated rings. The molecule has 0 aromatic heterocycles. The Labute approximate surface area is 311 Å². The molecule has 1 heterocycles. The van der Waals surface area contributed by atoms with Crippen LogP contribution in [0.3, 0.4) is 0 Å². The summed E-state index contributed by atoms with van der Waals surface area (Å²) in [4.78, 5) is 10.1. The lowest BCUT2D eigenvalue weighted by Gasteiger charge is -2.23. The molecule has 3 nitrogen and oxygen atoms in total. The quantitative estimate of drug-likeness (QED) is 0.106. The number of para-hydroxylation sites is 3. The first-order valence-electron chi connectivity index (χ1n) is 17.8. The van der Waals surface area contributed by atoms with Crippen molar-refractivity contribution < 1.29 is 0 Å². The van der Waals surface area contributed by atoms with Crippen molar-refractivity contribution >= 4 is 34.1 Å². The molecule has 53 heavy (non-hydrogen) atoms. The van der Waals surface area contributed by atoms with E-state index in [-0.39, 0.29) is 0 Å². The normalized spacial score (nSPS) is 11.9. The van der Waals surface area contributed by atoms with Crippen LogP contribution in [0, 0.1) is 6.92 Å². The standard InChI is InChI=1S/C38H28N2.C6H7N.C6H4/c1-26-13-5-7-17-29(26)36-33(31-19-9-11-21-34(31)39-24-23-27-14-3-2-4-15-27)25-28-16-6-8-18-30(28)37(36)38-32-20-10-12-22-35(32)40-38;7-6-4-2-1-3-5-6;1-2-4-6-5-3-1/h2-22,24-25H,23H2,1H3;1-5H,7H2;1-4H. The maximum Gasteiger partial charge on any atom is 0.0816 e. The van der Waals surface area contributed by atoms with Gasteiger partial charge in [0.25, 0.3) is 0 Å². The van der Waals surface area contributed by atoms with Crippen LogP contribution in [-0.4, -0.2) is 6.21 Å². The first kappa shape index (κ1) is 34.4. The molecule has 1 aliphatic heterocycles. The number of fused-ring (bicyclic) bond motifs is 2. The number of rotatable bonds is 6. The fourth-order valence-electron chi connectivity index (χ4n) is 6.46. The topological polar surface area (TPSA) is 50.7 Å².